The molecular weight excluding hydrogens is 250 g/mol. The van der Waals surface area contributed by atoms with Crippen molar-refractivity contribution in [2.45, 2.75) is 19.9 Å². The van der Waals surface area contributed by atoms with Gasteiger partial charge in [-0.3, -0.25) is 0 Å². The van der Waals surface area contributed by atoms with Crippen molar-refractivity contribution in [2.75, 3.05) is 0 Å². The molecule has 102 valence electrons. The highest BCUT2D eigenvalue weighted by molar-refractivity contribution is 5.86. The van der Waals surface area contributed by atoms with Gasteiger partial charge < -0.3 is 10.3 Å². The van der Waals surface area contributed by atoms with Crippen molar-refractivity contribution in [3.8, 4) is 11.4 Å². The summed E-state index contributed by atoms with van der Waals surface area (Å²) in [5, 5.41) is 6.38. The molecule has 0 amide bonds. The van der Waals surface area contributed by atoms with Crippen molar-refractivity contribution in [3.05, 3.63) is 48.4 Å². The van der Waals surface area contributed by atoms with Crippen LogP contribution in [0, 0.1) is 5.92 Å². The van der Waals surface area contributed by atoms with E-state index >= 15 is 0 Å². The van der Waals surface area contributed by atoms with Gasteiger partial charge in [0.25, 0.3) is 0 Å². The van der Waals surface area contributed by atoms with E-state index in [1.807, 2.05) is 32.0 Å². The third-order valence-electron chi connectivity index (χ3n) is 3.45. The van der Waals surface area contributed by atoms with Gasteiger partial charge in [0.15, 0.2) is 0 Å². The molecule has 0 bridgehead atoms. The predicted octanol–water partition coefficient (Wildman–Crippen LogP) is 3.55. The lowest BCUT2D eigenvalue weighted by Crippen LogP contribution is -2.16. The molecule has 1 atom stereocenters. The Balaban J connectivity index is 1.99. The van der Waals surface area contributed by atoms with E-state index in [2.05, 4.69) is 34.4 Å². The Morgan fingerprint density at radius 1 is 1.05 bits per heavy atom. The van der Waals surface area contributed by atoms with E-state index in [-0.39, 0.29) is 12.0 Å². The molecule has 2 N–H and O–H groups in total. The highest BCUT2D eigenvalue weighted by Gasteiger charge is 2.18. The third kappa shape index (κ3) is 2.30. The lowest BCUT2D eigenvalue weighted by atomic mass is 10.1. The van der Waals surface area contributed by atoms with E-state index in [0.29, 0.717) is 11.7 Å². The van der Waals surface area contributed by atoms with Gasteiger partial charge in [0, 0.05) is 5.56 Å². The summed E-state index contributed by atoms with van der Waals surface area (Å²) in [6.45, 7) is 4.06. The predicted molar refractivity (Wildman–Crippen MR) is 79.0 cm³/mol. The normalized spacial score (nSPS) is 13.0. The Bertz CT molecular complexity index is 733. The van der Waals surface area contributed by atoms with Crippen molar-refractivity contribution in [1.29, 1.82) is 0 Å². The molecule has 1 aromatic heterocycles. The van der Waals surface area contributed by atoms with Crippen LogP contribution in [0.15, 0.2) is 47.0 Å². The molecule has 0 aliphatic carbocycles. The van der Waals surface area contributed by atoms with Crippen LogP contribution in [-0.2, 0) is 0 Å². The number of nitrogens with zero attached hydrogens (tertiary/aromatic N) is 2. The minimum absolute atomic E-state index is 0.225. The molecule has 20 heavy (non-hydrogen) atoms. The van der Waals surface area contributed by atoms with Crippen molar-refractivity contribution in [2.24, 2.45) is 11.7 Å². The van der Waals surface area contributed by atoms with Crippen LogP contribution in [0.1, 0.15) is 25.8 Å². The summed E-state index contributed by atoms with van der Waals surface area (Å²) in [7, 11) is 0. The second-order valence-electron chi connectivity index (χ2n) is 5.29. The summed E-state index contributed by atoms with van der Waals surface area (Å²) in [5.74, 6) is 1.34. The summed E-state index contributed by atoms with van der Waals surface area (Å²) >= 11 is 0. The second-order valence-corrected chi connectivity index (χ2v) is 5.29. The van der Waals surface area contributed by atoms with E-state index in [4.69, 9.17) is 10.3 Å². The average Bonchev–Trinajstić information content (AvgIpc) is 2.95. The number of fused-ring (bicyclic) bond motifs is 1. The molecule has 0 saturated heterocycles. The number of hydrogen-bond acceptors (Lipinski definition) is 4. The van der Waals surface area contributed by atoms with E-state index in [0.717, 1.165) is 10.9 Å². The first-order valence-corrected chi connectivity index (χ1v) is 6.73. The zero-order valence-corrected chi connectivity index (χ0v) is 11.6. The zero-order chi connectivity index (χ0) is 14.1. The topological polar surface area (TPSA) is 64.9 Å². The highest BCUT2D eigenvalue weighted by Crippen LogP contribution is 2.24. The van der Waals surface area contributed by atoms with Crippen LogP contribution in [-0.4, -0.2) is 10.1 Å². The number of aromatic nitrogens is 2. The summed E-state index contributed by atoms with van der Waals surface area (Å²) < 4.78 is 5.27. The van der Waals surface area contributed by atoms with E-state index in [1.165, 1.54) is 5.39 Å². The van der Waals surface area contributed by atoms with Gasteiger partial charge in [-0.15, -0.1) is 0 Å². The van der Waals surface area contributed by atoms with Gasteiger partial charge in [0.2, 0.25) is 11.7 Å². The fraction of sp³-hybridized carbons (Fsp3) is 0.250. The van der Waals surface area contributed by atoms with Crippen LogP contribution in [0.25, 0.3) is 22.2 Å². The van der Waals surface area contributed by atoms with E-state index in [9.17, 15) is 0 Å². The SMILES string of the molecule is CC(C)C(N)c1nc(-c2ccc3ccccc3c2)no1. The van der Waals surface area contributed by atoms with Gasteiger partial charge in [-0.25, -0.2) is 0 Å². The summed E-state index contributed by atoms with van der Waals surface area (Å²) in [5.41, 5.74) is 6.96. The maximum absolute atomic E-state index is 6.02. The molecular formula is C16H17N3O. The quantitative estimate of drug-likeness (QED) is 0.788. The average molecular weight is 267 g/mol. The number of benzene rings is 2. The zero-order valence-electron chi connectivity index (χ0n) is 11.6. The van der Waals surface area contributed by atoms with Gasteiger partial charge in [0.1, 0.15) is 0 Å². The minimum atomic E-state index is -0.225. The van der Waals surface area contributed by atoms with Gasteiger partial charge in [-0.2, -0.15) is 4.98 Å². The fourth-order valence-corrected chi connectivity index (χ4v) is 2.10. The van der Waals surface area contributed by atoms with Crippen LogP contribution >= 0.6 is 0 Å². The maximum atomic E-state index is 6.02. The third-order valence-corrected chi connectivity index (χ3v) is 3.45. The molecule has 0 fully saturated rings. The van der Waals surface area contributed by atoms with Gasteiger partial charge in [-0.1, -0.05) is 55.4 Å². The molecule has 0 saturated carbocycles. The maximum Gasteiger partial charge on any atom is 0.244 e. The van der Waals surface area contributed by atoms with Crippen LogP contribution in [0.5, 0.6) is 0 Å². The van der Waals surface area contributed by atoms with Crippen LogP contribution in [0.3, 0.4) is 0 Å². The van der Waals surface area contributed by atoms with Crippen molar-refractivity contribution < 1.29 is 4.52 Å². The van der Waals surface area contributed by atoms with Crippen LogP contribution < -0.4 is 5.73 Å². The molecule has 0 radical (unpaired) electrons. The Labute approximate surface area is 117 Å². The molecule has 0 aliphatic rings. The summed E-state index contributed by atoms with van der Waals surface area (Å²) in [6, 6.07) is 14.1. The standard InChI is InChI=1S/C16H17N3O/c1-10(2)14(17)16-18-15(19-20-16)13-8-7-11-5-3-4-6-12(11)9-13/h3-10,14H,17H2,1-2H3. The Hall–Kier alpha value is -2.20. The van der Waals surface area contributed by atoms with Crippen molar-refractivity contribution in [1.82, 2.24) is 10.1 Å². The first kappa shape index (κ1) is 12.8. The lowest BCUT2D eigenvalue weighted by molar-refractivity contribution is 0.325. The smallest absolute Gasteiger partial charge is 0.244 e. The first-order valence-electron chi connectivity index (χ1n) is 6.73. The molecule has 0 spiro atoms. The first-order chi connectivity index (χ1) is 9.65. The Morgan fingerprint density at radius 2 is 1.80 bits per heavy atom. The highest BCUT2D eigenvalue weighted by atomic mass is 16.5. The molecule has 4 heteroatoms. The molecule has 2 aromatic carbocycles. The van der Waals surface area contributed by atoms with Crippen molar-refractivity contribution >= 4 is 10.8 Å². The molecule has 0 aliphatic heterocycles. The van der Waals surface area contributed by atoms with Gasteiger partial charge >= 0.3 is 0 Å². The lowest BCUT2D eigenvalue weighted by Gasteiger charge is -2.09. The minimum Gasteiger partial charge on any atom is -0.337 e. The van der Waals surface area contributed by atoms with Crippen molar-refractivity contribution in [3.63, 3.8) is 0 Å². The molecule has 4 nitrogen and oxygen atoms in total. The van der Waals surface area contributed by atoms with E-state index < -0.39 is 0 Å². The Morgan fingerprint density at radius 3 is 2.55 bits per heavy atom. The van der Waals surface area contributed by atoms with Gasteiger partial charge in [-0.05, 0) is 22.8 Å². The summed E-state index contributed by atoms with van der Waals surface area (Å²) in [6.07, 6.45) is 0. The van der Waals surface area contributed by atoms with Gasteiger partial charge in [0.05, 0.1) is 6.04 Å². The molecule has 1 heterocycles. The molecule has 3 rings (SSSR count). The van der Waals surface area contributed by atoms with Crippen LogP contribution in [0.2, 0.25) is 0 Å². The molecule has 1 unspecified atom stereocenters. The fourth-order valence-electron chi connectivity index (χ4n) is 2.10. The van der Waals surface area contributed by atoms with Crippen LogP contribution in [0.4, 0.5) is 0 Å². The number of hydrogen-bond donors (Lipinski definition) is 1. The molecule has 3 aromatic rings. The second kappa shape index (κ2) is 5.06. The Kier molecular flexibility index (Phi) is 3.24. The summed E-state index contributed by atoms with van der Waals surface area (Å²) in [4.78, 5) is 4.41. The number of rotatable bonds is 3. The van der Waals surface area contributed by atoms with E-state index in [1.54, 1.807) is 0 Å². The largest absolute Gasteiger partial charge is 0.337 e. The number of nitrogens with two attached hydrogens (primary N) is 1. The monoisotopic (exact) mass is 267 g/mol.